The Morgan fingerprint density at radius 1 is 1.40 bits per heavy atom. The fraction of sp³-hybridized carbons (Fsp3) is 0.667. The number of hydrogen-bond acceptors (Lipinski definition) is 5. The van der Waals surface area contributed by atoms with E-state index in [-0.39, 0.29) is 18.0 Å². The van der Waals surface area contributed by atoms with E-state index in [0.29, 0.717) is 31.0 Å². The number of hydrogen-bond donors (Lipinski definition) is 2. The van der Waals surface area contributed by atoms with Crippen molar-refractivity contribution in [3.8, 4) is 0 Å². The van der Waals surface area contributed by atoms with Crippen LogP contribution in [0.1, 0.15) is 32.4 Å². The summed E-state index contributed by atoms with van der Waals surface area (Å²) in [7, 11) is 1.64. The fourth-order valence-corrected chi connectivity index (χ4v) is 1.84. The molecular formula is C12H21N5O3. The van der Waals surface area contributed by atoms with E-state index in [1.807, 2.05) is 13.8 Å². The molecule has 0 saturated heterocycles. The number of anilines is 1. The third kappa shape index (κ3) is 3.94. The van der Waals surface area contributed by atoms with Crippen molar-refractivity contribution < 1.29 is 9.72 Å². The molecule has 0 radical (unpaired) electrons. The van der Waals surface area contributed by atoms with Gasteiger partial charge < -0.3 is 10.6 Å². The number of nitrogens with one attached hydrogen (secondary N) is 2. The Hall–Kier alpha value is -2.12. The minimum atomic E-state index is -0.439. The summed E-state index contributed by atoms with van der Waals surface area (Å²) in [6, 6.07) is 0. The maximum Gasteiger partial charge on any atom is 0.333 e. The van der Waals surface area contributed by atoms with Crippen LogP contribution in [0.2, 0.25) is 0 Å². The summed E-state index contributed by atoms with van der Waals surface area (Å²) in [6.07, 6.45) is 1.64. The minimum absolute atomic E-state index is 0.0102. The van der Waals surface area contributed by atoms with Crippen LogP contribution in [-0.2, 0) is 18.3 Å². The quantitative estimate of drug-likeness (QED) is 0.551. The molecule has 0 aliphatic heterocycles. The van der Waals surface area contributed by atoms with Crippen LogP contribution in [0.3, 0.4) is 0 Å². The maximum atomic E-state index is 11.4. The summed E-state index contributed by atoms with van der Waals surface area (Å²) in [4.78, 5) is 22.1. The number of nitrogens with zero attached hydrogens (tertiary/aromatic N) is 3. The Kier molecular flexibility index (Phi) is 5.95. The van der Waals surface area contributed by atoms with Gasteiger partial charge in [0.05, 0.1) is 4.92 Å². The molecule has 1 aromatic rings. The zero-order valence-corrected chi connectivity index (χ0v) is 12.1. The first-order valence-electron chi connectivity index (χ1n) is 6.72. The number of aryl methyl sites for hydroxylation is 2. The van der Waals surface area contributed by atoms with Crippen molar-refractivity contribution in [3.05, 3.63) is 15.8 Å². The van der Waals surface area contributed by atoms with E-state index >= 15 is 0 Å². The van der Waals surface area contributed by atoms with E-state index in [1.54, 1.807) is 7.05 Å². The molecule has 0 aromatic carbocycles. The van der Waals surface area contributed by atoms with Crippen molar-refractivity contribution in [1.82, 2.24) is 15.1 Å². The number of carbonyl (C=O) groups excluding carboxylic acids is 1. The van der Waals surface area contributed by atoms with E-state index in [9.17, 15) is 14.9 Å². The van der Waals surface area contributed by atoms with E-state index < -0.39 is 4.92 Å². The number of amides is 1. The summed E-state index contributed by atoms with van der Waals surface area (Å²) in [5.41, 5.74) is 0.430. The molecule has 0 bridgehead atoms. The van der Waals surface area contributed by atoms with Crippen molar-refractivity contribution in [2.75, 3.05) is 18.4 Å². The van der Waals surface area contributed by atoms with Crippen molar-refractivity contribution in [2.45, 2.75) is 33.1 Å². The molecule has 0 unspecified atom stereocenters. The van der Waals surface area contributed by atoms with Crippen LogP contribution in [0.5, 0.6) is 0 Å². The highest BCUT2D eigenvalue weighted by atomic mass is 16.6. The lowest BCUT2D eigenvalue weighted by Crippen LogP contribution is -2.26. The average molecular weight is 283 g/mol. The molecule has 1 aromatic heterocycles. The normalized spacial score (nSPS) is 10.3. The highest BCUT2D eigenvalue weighted by Gasteiger charge is 2.25. The number of nitro groups is 1. The topological polar surface area (TPSA) is 102 Å². The van der Waals surface area contributed by atoms with Gasteiger partial charge in [-0.3, -0.25) is 14.9 Å². The zero-order chi connectivity index (χ0) is 15.1. The highest BCUT2D eigenvalue weighted by molar-refractivity contribution is 5.76. The molecule has 8 nitrogen and oxygen atoms in total. The Labute approximate surface area is 117 Å². The second kappa shape index (κ2) is 7.46. The van der Waals surface area contributed by atoms with Crippen molar-refractivity contribution >= 4 is 17.4 Å². The van der Waals surface area contributed by atoms with Gasteiger partial charge >= 0.3 is 5.69 Å². The third-order valence-corrected chi connectivity index (χ3v) is 2.83. The lowest BCUT2D eigenvalue weighted by Gasteiger charge is -2.06. The van der Waals surface area contributed by atoms with E-state index in [0.717, 1.165) is 6.42 Å². The Morgan fingerprint density at radius 3 is 2.65 bits per heavy atom. The van der Waals surface area contributed by atoms with Gasteiger partial charge in [-0.15, -0.1) is 0 Å². The summed E-state index contributed by atoms with van der Waals surface area (Å²) in [5.74, 6) is 0.273. The van der Waals surface area contributed by atoms with Gasteiger partial charge in [-0.2, -0.15) is 5.10 Å². The van der Waals surface area contributed by atoms with E-state index in [1.165, 1.54) is 4.68 Å². The van der Waals surface area contributed by atoms with Gasteiger partial charge in [0.15, 0.2) is 0 Å². The number of carbonyl (C=O) groups is 1. The van der Waals surface area contributed by atoms with Crippen LogP contribution < -0.4 is 10.6 Å². The summed E-state index contributed by atoms with van der Waals surface area (Å²) in [6.45, 7) is 4.77. The van der Waals surface area contributed by atoms with Gasteiger partial charge in [-0.25, -0.2) is 4.68 Å². The first kappa shape index (κ1) is 15.9. The molecule has 112 valence electrons. The van der Waals surface area contributed by atoms with Gasteiger partial charge in [-0.1, -0.05) is 13.8 Å². The van der Waals surface area contributed by atoms with Gasteiger partial charge in [0.2, 0.25) is 11.7 Å². The average Bonchev–Trinajstić information content (AvgIpc) is 2.73. The molecule has 0 saturated carbocycles. The van der Waals surface area contributed by atoms with Gasteiger partial charge in [0.25, 0.3) is 0 Å². The number of rotatable bonds is 8. The minimum Gasteiger partial charge on any atom is -0.364 e. The molecule has 0 aliphatic carbocycles. The monoisotopic (exact) mass is 283 g/mol. The smallest absolute Gasteiger partial charge is 0.333 e. The first-order valence-corrected chi connectivity index (χ1v) is 6.72. The van der Waals surface area contributed by atoms with Crippen LogP contribution in [-0.4, -0.2) is 33.7 Å². The molecule has 1 heterocycles. The molecule has 0 spiro atoms. The summed E-state index contributed by atoms with van der Waals surface area (Å²) >= 11 is 0. The summed E-state index contributed by atoms with van der Waals surface area (Å²) < 4.78 is 1.45. The standard InChI is InChI=1S/C12H21N5O3/c1-4-7-13-10(18)6-8-14-12-11(17(19)20)9(5-2)15-16(12)3/h14H,4-8H2,1-3H3,(H,13,18). The second-order valence-electron chi connectivity index (χ2n) is 4.40. The molecule has 2 N–H and O–H groups in total. The second-order valence-corrected chi connectivity index (χ2v) is 4.40. The molecular weight excluding hydrogens is 262 g/mol. The Morgan fingerprint density at radius 2 is 2.10 bits per heavy atom. The SMILES string of the molecule is CCCNC(=O)CCNc1c([N+](=O)[O-])c(CC)nn1C. The van der Waals surface area contributed by atoms with Crippen LogP contribution >= 0.6 is 0 Å². The zero-order valence-electron chi connectivity index (χ0n) is 12.1. The third-order valence-electron chi connectivity index (χ3n) is 2.83. The van der Waals surface area contributed by atoms with E-state index in [4.69, 9.17) is 0 Å². The highest BCUT2D eigenvalue weighted by Crippen LogP contribution is 2.28. The van der Waals surface area contributed by atoms with Crippen LogP contribution in [0.4, 0.5) is 11.5 Å². The lowest BCUT2D eigenvalue weighted by atomic mass is 10.3. The van der Waals surface area contributed by atoms with Crippen LogP contribution in [0.15, 0.2) is 0 Å². The molecule has 20 heavy (non-hydrogen) atoms. The molecule has 0 atom stereocenters. The number of aromatic nitrogens is 2. The van der Waals surface area contributed by atoms with Crippen molar-refractivity contribution in [3.63, 3.8) is 0 Å². The molecule has 0 fully saturated rings. The van der Waals surface area contributed by atoms with Crippen molar-refractivity contribution in [2.24, 2.45) is 7.05 Å². The Bertz CT molecular complexity index is 484. The Balaban J connectivity index is 2.66. The molecule has 1 rings (SSSR count). The molecule has 0 aliphatic rings. The maximum absolute atomic E-state index is 11.4. The summed E-state index contributed by atoms with van der Waals surface area (Å²) in [5, 5.41) is 20.9. The predicted molar refractivity (Wildman–Crippen MR) is 75.6 cm³/mol. The fourth-order valence-electron chi connectivity index (χ4n) is 1.84. The van der Waals surface area contributed by atoms with Crippen molar-refractivity contribution in [1.29, 1.82) is 0 Å². The molecule has 1 amide bonds. The van der Waals surface area contributed by atoms with Gasteiger partial charge in [0.1, 0.15) is 5.69 Å². The van der Waals surface area contributed by atoms with E-state index in [2.05, 4.69) is 15.7 Å². The molecule has 8 heteroatoms. The predicted octanol–water partition coefficient (Wildman–Crippen LogP) is 1.22. The largest absolute Gasteiger partial charge is 0.364 e. The lowest BCUT2D eigenvalue weighted by molar-refractivity contribution is -0.384. The van der Waals surface area contributed by atoms with Crippen LogP contribution in [0.25, 0.3) is 0 Å². The van der Waals surface area contributed by atoms with Gasteiger partial charge in [0, 0.05) is 26.6 Å². The van der Waals surface area contributed by atoms with Gasteiger partial charge in [-0.05, 0) is 12.8 Å². The van der Waals surface area contributed by atoms with Crippen LogP contribution in [0, 0.1) is 10.1 Å². The first-order chi connectivity index (χ1) is 9.51.